The van der Waals surface area contributed by atoms with E-state index in [0.717, 1.165) is 0 Å². The quantitative estimate of drug-likeness (QED) is 0.367. The van der Waals surface area contributed by atoms with Gasteiger partial charge in [0.25, 0.3) is 0 Å². The van der Waals surface area contributed by atoms with Crippen LogP contribution in [0.15, 0.2) is 4.99 Å². The molecule has 1 aliphatic rings. The van der Waals surface area contributed by atoms with Gasteiger partial charge in [0.1, 0.15) is 6.42 Å². The summed E-state index contributed by atoms with van der Waals surface area (Å²) in [7, 11) is 0. The third-order valence-electron chi connectivity index (χ3n) is 1.06. The Balaban J connectivity index is 2.74. The average Bonchev–Trinajstić information content (AvgIpc) is 1.81. The van der Waals surface area contributed by atoms with E-state index in [0.29, 0.717) is 0 Å². The highest BCUT2D eigenvalue weighted by Gasteiger charge is 2.19. The molecule has 4 N–H and O–H groups in total. The Labute approximate surface area is 67.0 Å². The Morgan fingerprint density at radius 2 is 1.83 bits per heavy atom. The molecule has 1 saturated heterocycles. The Hall–Kier alpha value is -1.92. The molecule has 0 aromatic carbocycles. The van der Waals surface area contributed by atoms with Crippen molar-refractivity contribution in [2.75, 3.05) is 0 Å². The number of hydrogen-bond donors (Lipinski definition) is 3. The van der Waals surface area contributed by atoms with Crippen LogP contribution in [0, 0.1) is 0 Å². The first-order chi connectivity index (χ1) is 5.58. The minimum atomic E-state index is -0.979. The summed E-state index contributed by atoms with van der Waals surface area (Å²) in [5, 5.41) is 4.31. The second-order valence-electron chi connectivity index (χ2n) is 2.07. The van der Waals surface area contributed by atoms with E-state index in [2.05, 4.69) is 21.4 Å². The number of rotatable bonds is 0. The van der Waals surface area contributed by atoms with E-state index in [1.54, 1.807) is 0 Å². The highest BCUT2D eigenvalue weighted by atomic mass is 16.2. The number of carbonyl (C=O) groups excluding carboxylic acids is 3. The number of aliphatic imine (C=N–C) groups is 1. The van der Waals surface area contributed by atoms with Gasteiger partial charge in [-0.3, -0.25) is 20.2 Å². The molecule has 0 radical (unpaired) electrons. The van der Waals surface area contributed by atoms with E-state index in [9.17, 15) is 14.4 Å². The summed E-state index contributed by atoms with van der Waals surface area (Å²) in [5.74, 6) is -1.25. The molecule has 12 heavy (non-hydrogen) atoms. The Bertz CT molecular complexity index is 264. The van der Waals surface area contributed by atoms with E-state index in [4.69, 9.17) is 0 Å². The zero-order chi connectivity index (χ0) is 9.14. The molecule has 0 bridgehead atoms. The lowest BCUT2D eigenvalue weighted by molar-refractivity contribution is -0.129. The van der Waals surface area contributed by atoms with Gasteiger partial charge < -0.3 is 5.73 Å². The van der Waals surface area contributed by atoms with E-state index >= 15 is 0 Å². The number of carbonyl (C=O) groups is 3. The van der Waals surface area contributed by atoms with Crippen molar-refractivity contribution in [3.05, 3.63) is 0 Å². The monoisotopic (exact) mass is 170 g/mol. The number of hydrogen-bond acceptors (Lipinski definition) is 3. The fourth-order valence-corrected chi connectivity index (χ4v) is 0.696. The van der Waals surface area contributed by atoms with Crippen molar-refractivity contribution in [2.45, 2.75) is 6.42 Å². The normalized spacial score (nSPS) is 16.5. The minimum absolute atomic E-state index is 0.219. The van der Waals surface area contributed by atoms with E-state index in [1.807, 2.05) is 0 Å². The first kappa shape index (κ1) is 8.18. The molecule has 0 unspecified atom stereocenters. The highest BCUT2D eigenvalue weighted by Crippen LogP contribution is 1.87. The van der Waals surface area contributed by atoms with Gasteiger partial charge in [-0.2, -0.15) is 4.99 Å². The maximum Gasteiger partial charge on any atom is 0.341 e. The lowest BCUT2D eigenvalue weighted by Gasteiger charge is -2.13. The number of guanidine groups is 1. The predicted molar refractivity (Wildman–Crippen MR) is 37.9 cm³/mol. The molecule has 0 aromatic rings. The molecule has 0 spiro atoms. The van der Waals surface area contributed by atoms with Crippen LogP contribution in [0.5, 0.6) is 0 Å². The molecule has 7 heteroatoms. The van der Waals surface area contributed by atoms with Crippen molar-refractivity contribution in [2.24, 2.45) is 10.7 Å². The molecule has 0 aromatic heterocycles. The van der Waals surface area contributed by atoms with Crippen LogP contribution >= 0.6 is 0 Å². The fraction of sp³-hybridized carbons (Fsp3) is 0.200. The van der Waals surface area contributed by atoms with E-state index in [1.165, 1.54) is 0 Å². The Kier molecular flexibility index (Phi) is 2.04. The predicted octanol–water partition coefficient (Wildman–Crippen LogP) is -1.94. The number of primary amides is 1. The van der Waals surface area contributed by atoms with Gasteiger partial charge in [0.05, 0.1) is 0 Å². The lowest BCUT2D eigenvalue weighted by atomic mass is 10.3. The van der Waals surface area contributed by atoms with Gasteiger partial charge >= 0.3 is 6.03 Å². The molecule has 0 atom stereocenters. The largest absolute Gasteiger partial charge is 0.350 e. The topological polar surface area (TPSA) is 114 Å². The van der Waals surface area contributed by atoms with Crippen molar-refractivity contribution in [1.82, 2.24) is 10.6 Å². The molecule has 1 aliphatic heterocycles. The molecule has 1 fully saturated rings. The second kappa shape index (κ2) is 2.99. The second-order valence-corrected chi connectivity index (χ2v) is 2.07. The lowest BCUT2D eigenvalue weighted by Crippen LogP contribution is -2.51. The summed E-state index contributed by atoms with van der Waals surface area (Å²) in [6.45, 7) is 0. The van der Waals surface area contributed by atoms with Gasteiger partial charge in [-0.1, -0.05) is 0 Å². The van der Waals surface area contributed by atoms with Crippen LogP contribution in [0.3, 0.4) is 0 Å². The van der Waals surface area contributed by atoms with Gasteiger partial charge in [-0.05, 0) is 0 Å². The van der Waals surface area contributed by atoms with Gasteiger partial charge in [-0.15, -0.1) is 0 Å². The number of amides is 4. The maximum absolute atomic E-state index is 10.7. The Morgan fingerprint density at radius 1 is 1.33 bits per heavy atom. The van der Waals surface area contributed by atoms with Crippen molar-refractivity contribution in [3.63, 3.8) is 0 Å². The number of nitrogens with zero attached hydrogens (tertiary/aromatic N) is 1. The molecule has 64 valence electrons. The van der Waals surface area contributed by atoms with Crippen molar-refractivity contribution in [3.8, 4) is 0 Å². The Morgan fingerprint density at radius 3 is 2.25 bits per heavy atom. The van der Waals surface area contributed by atoms with Gasteiger partial charge in [-0.25, -0.2) is 4.79 Å². The molecule has 1 heterocycles. The van der Waals surface area contributed by atoms with Crippen molar-refractivity contribution < 1.29 is 14.4 Å². The molecule has 0 saturated carbocycles. The molecule has 0 aliphatic carbocycles. The van der Waals surface area contributed by atoms with Gasteiger partial charge in [0.15, 0.2) is 0 Å². The zero-order valence-electron chi connectivity index (χ0n) is 5.96. The number of nitrogens with two attached hydrogens (primary N) is 1. The third-order valence-corrected chi connectivity index (χ3v) is 1.06. The van der Waals surface area contributed by atoms with Gasteiger partial charge in [0, 0.05) is 0 Å². The molecular weight excluding hydrogens is 164 g/mol. The summed E-state index contributed by atoms with van der Waals surface area (Å²) < 4.78 is 0. The van der Waals surface area contributed by atoms with Crippen LogP contribution in [-0.2, 0) is 9.59 Å². The van der Waals surface area contributed by atoms with Gasteiger partial charge in [0.2, 0.25) is 17.8 Å². The van der Waals surface area contributed by atoms with Crippen LogP contribution in [0.1, 0.15) is 6.42 Å². The molecule has 4 amide bonds. The standard InChI is InChI=1S/C5H6N4O3/c6-4(12)9-5-7-2(10)1-3(11)8-5/h1H2,(H4,6,7,8,9,10,11,12). The maximum atomic E-state index is 10.7. The van der Waals surface area contributed by atoms with Crippen LogP contribution in [0.4, 0.5) is 4.79 Å². The van der Waals surface area contributed by atoms with Crippen LogP contribution < -0.4 is 16.4 Å². The smallest absolute Gasteiger partial charge is 0.341 e. The van der Waals surface area contributed by atoms with Crippen molar-refractivity contribution >= 4 is 23.8 Å². The number of urea groups is 1. The van der Waals surface area contributed by atoms with Crippen LogP contribution in [-0.4, -0.2) is 23.8 Å². The summed E-state index contributed by atoms with van der Waals surface area (Å²) in [6.07, 6.45) is -0.266. The van der Waals surface area contributed by atoms with E-state index in [-0.39, 0.29) is 12.4 Å². The molecule has 7 nitrogen and oxygen atoms in total. The summed E-state index contributed by atoms with van der Waals surface area (Å²) in [6, 6.07) is -0.979. The summed E-state index contributed by atoms with van der Waals surface area (Å²) in [5.41, 5.74) is 4.69. The van der Waals surface area contributed by atoms with Crippen LogP contribution in [0.25, 0.3) is 0 Å². The fourth-order valence-electron chi connectivity index (χ4n) is 0.696. The zero-order valence-corrected chi connectivity index (χ0v) is 5.96. The SMILES string of the molecule is NC(=O)N=C1NC(=O)CC(=O)N1. The summed E-state index contributed by atoms with van der Waals surface area (Å²) >= 11 is 0. The molecular formula is C5H6N4O3. The minimum Gasteiger partial charge on any atom is -0.350 e. The summed E-state index contributed by atoms with van der Waals surface area (Å²) in [4.78, 5) is 34.7. The number of nitrogens with one attached hydrogen (secondary N) is 2. The van der Waals surface area contributed by atoms with Crippen LogP contribution in [0.2, 0.25) is 0 Å². The first-order valence-electron chi connectivity index (χ1n) is 3.06. The average molecular weight is 170 g/mol. The van der Waals surface area contributed by atoms with E-state index < -0.39 is 17.8 Å². The first-order valence-corrected chi connectivity index (χ1v) is 3.06. The molecule has 1 rings (SSSR count). The highest BCUT2D eigenvalue weighted by molar-refractivity contribution is 6.17. The van der Waals surface area contributed by atoms with Crippen molar-refractivity contribution in [1.29, 1.82) is 0 Å². The third kappa shape index (κ3) is 2.04.